The summed E-state index contributed by atoms with van der Waals surface area (Å²) in [4.78, 5) is 31.4. The van der Waals surface area contributed by atoms with Crippen LogP contribution in [0.25, 0.3) is 10.8 Å². The molecule has 1 aliphatic heterocycles. The van der Waals surface area contributed by atoms with Crippen LogP contribution < -0.4 is 5.32 Å². The van der Waals surface area contributed by atoms with Gasteiger partial charge < -0.3 is 10.2 Å². The predicted molar refractivity (Wildman–Crippen MR) is 105 cm³/mol. The number of nitrogens with one attached hydrogen (secondary N) is 1. The normalized spacial score (nSPS) is 14.9. The van der Waals surface area contributed by atoms with E-state index in [1.165, 1.54) is 0 Å². The van der Waals surface area contributed by atoms with Crippen LogP contribution in [0.4, 0.5) is 5.82 Å². The highest BCUT2D eigenvalue weighted by molar-refractivity contribution is 6.07. The molecule has 0 aliphatic carbocycles. The van der Waals surface area contributed by atoms with Crippen LogP contribution in [0.5, 0.6) is 0 Å². The Bertz CT molecular complexity index is 958. The molecule has 0 unspecified atom stereocenters. The van der Waals surface area contributed by atoms with Crippen LogP contribution in [0.15, 0.2) is 66.9 Å². The summed E-state index contributed by atoms with van der Waals surface area (Å²) in [6.07, 6.45) is 2.98. The number of carbonyl (C=O) groups excluding carboxylic acids is 2. The third kappa shape index (κ3) is 3.67. The van der Waals surface area contributed by atoms with Gasteiger partial charge in [-0.2, -0.15) is 0 Å². The van der Waals surface area contributed by atoms with Gasteiger partial charge in [-0.3, -0.25) is 9.59 Å². The van der Waals surface area contributed by atoms with Crippen LogP contribution in [-0.4, -0.2) is 34.8 Å². The minimum atomic E-state index is -0.0939. The van der Waals surface area contributed by atoms with Crippen molar-refractivity contribution in [1.29, 1.82) is 0 Å². The average molecular weight is 359 g/mol. The summed E-state index contributed by atoms with van der Waals surface area (Å²) in [6, 6.07) is 19.2. The number of likely N-dealkylation sites (tertiary alicyclic amines) is 1. The van der Waals surface area contributed by atoms with Crippen molar-refractivity contribution in [3.8, 4) is 0 Å². The van der Waals surface area contributed by atoms with Gasteiger partial charge in [0.25, 0.3) is 5.91 Å². The molecule has 5 nitrogen and oxygen atoms in total. The Morgan fingerprint density at radius 3 is 2.44 bits per heavy atom. The molecule has 136 valence electrons. The van der Waals surface area contributed by atoms with E-state index in [0.717, 1.165) is 16.3 Å². The van der Waals surface area contributed by atoms with E-state index < -0.39 is 0 Å². The molecule has 0 bridgehead atoms. The lowest BCUT2D eigenvalue weighted by molar-refractivity contribution is -0.121. The van der Waals surface area contributed by atoms with Crippen LogP contribution in [0.1, 0.15) is 23.2 Å². The number of anilines is 1. The Morgan fingerprint density at radius 2 is 1.67 bits per heavy atom. The summed E-state index contributed by atoms with van der Waals surface area (Å²) < 4.78 is 0. The van der Waals surface area contributed by atoms with E-state index in [2.05, 4.69) is 10.3 Å². The number of piperidine rings is 1. The van der Waals surface area contributed by atoms with Gasteiger partial charge in [0.1, 0.15) is 5.82 Å². The van der Waals surface area contributed by atoms with Crippen molar-refractivity contribution >= 4 is 28.4 Å². The molecule has 1 saturated heterocycles. The average Bonchev–Trinajstić information content (AvgIpc) is 2.73. The molecule has 0 atom stereocenters. The van der Waals surface area contributed by atoms with E-state index in [9.17, 15) is 9.59 Å². The highest BCUT2D eigenvalue weighted by Crippen LogP contribution is 2.24. The maximum Gasteiger partial charge on any atom is 0.254 e. The van der Waals surface area contributed by atoms with E-state index in [1.54, 1.807) is 12.3 Å². The molecule has 27 heavy (non-hydrogen) atoms. The number of nitrogens with zero attached hydrogens (tertiary/aromatic N) is 2. The van der Waals surface area contributed by atoms with E-state index in [0.29, 0.717) is 31.7 Å². The maximum atomic E-state index is 13.0. The number of aromatic nitrogens is 1. The predicted octanol–water partition coefficient (Wildman–Crippen LogP) is 3.73. The van der Waals surface area contributed by atoms with Crippen LogP contribution in [0, 0.1) is 5.92 Å². The molecule has 2 amide bonds. The highest BCUT2D eigenvalue weighted by atomic mass is 16.2. The zero-order valence-corrected chi connectivity index (χ0v) is 15.0. The fourth-order valence-electron chi connectivity index (χ4n) is 3.59. The summed E-state index contributed by atoms with van der Waals surface area (Å²) in [5.74, 6) is 0.488. The first-order valence-electron chi connectivity index (χ1n) is 9.21. The fraction of sp³-hybridized carbons (Fsp3) is 0.227. The summed E-state index contributed by atoms with van der Waals surface area (Å²) >= 11 is 0. The van der Waals surface area contributed by atoms with Crippen molar-refractivity contribution in [1.82, 2.24) is 9.88 Å². The Balaban J connectivity index is 1.41. The summed E-state index contributed by atoms with van der Waals surface area (Å²) in [5.41, 5.74) is 0.726. The Morgan fingerprint density at radius 1 is 0.926 bits per heavy atom. The lowest BCUT2D eigenvalue weighted by Gasteiger charge is -2.31. The molecule has 1 N–H and O–H groups in total. The van der Waals surface area contributed by atoms with Gasteiger partial charge >= 0.3 is 0 Å². The van der Waals surface area contributed by atoms with Gasteiger partial charge in [0, 0.05) is 30.8 Å². The number of amides is 2. The van der Waals surface area contributed by atoms with Crippen LogP contribution >= 0.6 is 0 Å². The second-order valence-corrected chi connectivity index (χ2v) is 6.80. The van der Waals surface area contributed by atoms with Crippen molar-refractivity contribution in [2.45, 2.75) is 12.8 Å². The molecule has 1 fully saturated rings. The number of rotatable bonds is 3. The minimum absolute atomic E-state index is 0.0223. The molecule has 2 heterocycles. The summed E-state index contributed by atoms with van der Waals surface area (Å²) in [6.45, 7) is 1.17. The molecule has 1 aliphatic rings. The Labute approximate surface area is 158 Å². The summed E-state index contributed by atoms with van der Waals surface area (Å²) in [7, 11) is 0. The molecule has 2 aromatic carbocycles. The number of fused-ring (bicyclic) bond motifs is 1. The van der Waals surface area contributed by atoms with Gasteiger partial charge in [-0.05, 0) is 41.8 Å². The quantitative estimate of drug-likeness (QED) is 0.775. The van der Waals surface area contributed by atoms with Gasteiger partial charge in [-0.25, -0.2) is 4.98 Å². The first-order chi connectivity index (χ1) is 13.2. The number of hydrogen-bond acceptors (Lipinski definition) is 3. The molecule has 0 saturated carbocycles. The van der Waals surface area contributed by atoms with Gasteiger partial charge in [0.2, 0.25) is 5.91 Å². The van der Waals surface area contributed by atoms with Crippen molar-refractivity contribution in [3.05, 3.63) is 72.4 Å². The first-order valence-corrected chi connectivity index (χ1v) is 9.21. The summed E-state index contributed by atoms with van der Waals surface area (Å²) in [5, 5.41) is 4.89. The third-order valence-corrected chi connectivity index (χ3v) is 5.09. The molecular formula is C22H21N3O2. The van der Waals surface area contributed by atoms with E-state index in [-0.39, 0.29) is 17.7 Å². The highest BCUT2D eigenvalue weighted by Gasteiger charge is 2.28. The maximum absolute atomic E-state index is 13.0. The van der Waals surface area contributed by atoms with Crippen molar-refractivity contribution in [2.75, 3.05) is 18.4 Å². The van der Waals surface area contributed by atoms with Gasteiger partial charge in [0.15, 0.2) is 0 Å². The van der Waals surface area contributed by atoms with Gasteiger partial charge in [-0.15, -0.1) is 0 Å². The van der Waals surface area contributed by atoms with Crippen molar-refractivity contribution in [2.24, 2.45) is 5.92 Å². The van der Waals surface area contributed by atoms with E-state index in [4.69, 9.17) is 0 Å². The molecule has 5 heteroatoms. The van der Waals surface area contributed by atoms with Gasteiger partial charge in [0.05, 0.1) is 0 Å². The molecule has 1 aromatic heterocycles. The van der Waals surface area contributed by atoms with Crippen molar-refractivity contribution < 1.29 is 9.59 Å². The standard InChI is InChI=1S/C22H21N3O2/c26-21(24-20-10-3-4-13-23-20)17-11-14-25(15-12-17)22(27)19-9-5-7-16-6-1-2-8-18(16)19/h1-10,13,17H,11-12,14-15H2,(H,23,24,26). The SMILES string of the molecule is O=C(Nc1ccccn1)C1CCN(C(=O)c2cccc3ccccc23)CC1. The number of benzene rings is 2. The molecule has 3 aromatic rings. The molecule has 0 spiro atoms. The first kappa shape index (κ1) is 17.2. The lowest BCUT2D eigenvalue weighted by atomic mass is 9.95. The van der Waals surface area contributed by atoms with Gasteiger partial charge in [-0.1, -0.05) is 42.5 Å². The number of carbonyl (C=O) groups is 2. The fourth-order valence-corrected chi connectivity index (χ4v) is 3.59. The number of pyridine rings is 1. The largest absolute Gasteiger partial charge is 0.339 e. The lowest BCUT2D eigenvalue weighted by Crippen LogP contribution is -2.41. The van der Waals surface area contributed by atoms with Crippen LogP contribution in [-0.2, 0) is 4.79 Å². The van der Waals surface area contributed by atoms with Crippen molar-refractivity contribution in [3.63, 3.8) is 0 Å². The third-order valence-electron chi connectivity index (χ3n) is 5.09. The topological polar surface area (TPSA) is 62.3 Å². The zero-order chi connectivity index (χ0) is 18.6. The molecule has 4 rings (SSSR count). The van der Waals surface area contributed by atoms with E-state index in [1.807, 2.05) is 59.5 Å². The van der Waals surface area contributed by atoms with E-state index >= 15 is 0 Å². The smallest absolute Gasteiger partial charge is 0.254 e. The minimum Gasteiger partial charge on any atom is -0.339 e. The van der Waals surface area contributed by atoms with Crippen LogP contribution in [0.3, 0.4) is 0 Å². The second-order valence-electron chi connectivity index (χ2n) is 6.80. The second kappa shape index (κ2) is 7.58. The Hall–Kier alpha value is -3.21. The molecule has 0 radical (unpaired) electrons. The Kier molecular flexibility index (Phi) is 4.83. The zero-order valence-electron chi connectivity index (χ0n) is 15.0. The van der Waals surface area contributed by atoms with Crippen LogP contribution in [0.2, 0.25) is 0 Å². The molecular weight excluding hydrogens is 338 g/mol. The monoisotopic (exact) mass is 359 g/mol. The number of hydrogen-bond donors (Lipinski definition) is 1.